The Morgan fingerprint density at radius 1 is 1.38 bits per heavy atom. The Kier molecular flexibility index (Phi) is 3.62. The van der Waals surface area contributed by atoms with E-state index in [0.29, 0.717) is 30.9 Å². The van der Waals surface area contributed by atoms with E-state index in [4.69, 9.17) is 10.5 Å². The van der Waals surface area contributed by atoms with Crippen LogP contribution in [0.1, 0.15) is 22.0 Å². The van der Waals surface area contributed by atoms with E-state index in [1.807, 2.05) is 18.1 Å². The third-order valence-electron chi connectivity index (χ3n) is 3.61. The molecule has 0 aliphatic carbocycles. The van der Waals surface area contributed by atoms with Gasteiger partial charge >= 0.3 is 0 Å². The number of nitrogens with two attached hydrogens (primary N) is 1. The van der Waals surface area contributed by atoms with Gasteiger partial charge in [0.25, 0.3) is 5.91 Å². The molecule has 1 atom stereocenters. The first-order valence-electron chi connectivity index (χ1n) is 6.88. The average Bonchev–Trinajstić information content (AvgIpc) is 2.94. The van der Waals surface area contributed by atoms with Crippen molar-refractivity contribution in [3.63, 3.8) is 0 Å². The molecule has 0 saturated carbocycles. The Morgan fingerprint density at radius 3 is 2.81 bits per heavy atom. The van der Waals surface area contributed by atoms with Crippen LogP contribution < -0.4 is 5.73 Å². The molecular formula is C15H18N4O2. The summed E-state index contributed by atoms with van der Waals surface area (Å²) < 4.78 is 7.48. The highest BCUT2D eigenvalue weighted by Gasteiger charge is 2.26. The Balaban J connectivity index is 1.73. The summed E-state index contributed by atoms with van der Waals surface area (Å²) in [7, 11) is 1.86. The lowest BCUT2D eigenvalue weighted by molar-refractivity contribution is -0.0228. The predicted octanol–water partition coefficient (Wildman–Crippen LogP) is 1.22. The van der Waals surface area contributed by atoms with E-state index in [9.17, 15) is 4.79 Å². The van der Waals surface area contributed by atoms with Gasteiger partial charge in [-0.05, 0) is 24.3 Å². The number of aromatic nitrogens is 2. The average molecular weight is 286 g/mol. The molecule has 2 aromatic rings. The fourth-order valence-corrected chi connectivity index (χ4v) is 2.45. The number of carbonyl (C=O) groups is 1. The number of hydrogen-bond donors (Lipinski definition) is 1. The van der Waals surface area contributed by atoms with Crippen molar-refractivity contribution < 1.29 is 9.53 Å². The van der Waals surface area contributed by atoms with Gasteiger partial charge in [0.15, 0.2) is 0 Å². The van der Waals surface area contributed by atoms with Crippen LogP contribution in [0.2, 0.25) is 0 Å². The summed E-state index contributed by atoms with van der Waals surface area (Å²) in [6, 6.07) is 7.00. The van der Waals surface area contributed by atoms with E-state index >= 15 is 0 Å². The molecule has 2 N–H and O–H groups in total. The van der Waals surface area contributed by atoms with Crippen LogP contribution in [-0.2, 0) is 11.8 Å². The fraction of sp³-hybridized carbons (Fsp3) is 0.333. The number of morpholine rings is 1. The Labute approximate surface area is 123 Å². The Morgan fingerprint density at radius 2 is 2.14 bits per heavy atom. The van der Waals surface area contributed by atoms with Gasteiger partial charge in [0, 0.05) is 36.6 Å². The minimum atomic E-state index is -0.120. The number of benzene rings is 1. The number of nitrogen functional groups attached to an aromatic ring is 1. The van der Waals surface area contributed by atoms with Crippen molar-refractivity contribution >= 4 is 11.6 Å². The van der Waals surface area contributed by atoms with Crippen LogP contribution in [0, 0.1) is 0 Å². The third kappa shape index (κ3) is 2.90. The summed E-state index contributed by atoms with van der Waals surface area (Å²) in [6.07, 6.45) is 3.58. The number of carbonyl (C=O) groups excluding carboxylic acids is 1. The maximum atomic E-state index is 12.5. The van der Waals surface area contributed by atoms with Crippen LogP contribution in [0.25, 0.3) is 0 Å². The van der Waals surface area contributed by atoms with E-state index in [-0.39, 0.29) is 12.0 Å². The number of nitrogens with zero attached hydrogens (tertiary/aromatic N) is 3. The molecule has 0 radical (unpaired) electrons. The zero-order chi connectivity index (χ0) is 14.8. The van der Waals surface area contributed by atoms with Gasteiger partial charge in [-0.1, -0.05) is 0 Å². The molecule has 0 spiro atoms. The van der Waals surface area contributed by atoms with Crippen LogP contribution in [0.3, 0.4) is 0 Å². The Bertz CT molecular complexity index is 635. The second-order valence-electron chi connectivity index (χ2n) is 5.18. The second-order valence-corrected chi connectivity index (χ2v) is 5.18. The first kappa shape index (κ1) is 13.6. The van der Waals surface area contributed by atoms with E-state index in [1.165, 1.54) is 0 Å². The van der Waals surface area contributed by atoms with Gasteiger partial charge < -0.3 is 15.4 Å². The minimum absolute atomic E-state index is 0.00666. The highest BCUT2D eigenvalue weighted by atomic mass is 16.5. The van der Waals surface area contributed by atoms with E-state index < -0.39 is 0 Å². The van der Waals surface area contributed by atoms with E-state index in [2.05, 4.69) is 5.10 Å². The van der Waals surface area contributed by atoms with Crippen molar-refractivity contribution in [1.82, 2.24) is 14.7 Å². The zero-order valence-electron chi connectivity index (χ0n) is 11.9. The SMILES string of the molecule is Cn1cc(C2CN(C(=O)c3ccc(N)cc3)CCO2)cn1. The molecule has 1 fully saturated rings. The quantitative estimate of drug-likeness (QED) is 0.842. The molecule has 21 heavy (non-hydrogen) atoms. The van der Waals surface area contributed by atoms with Gasteiger partial charge in [0.1, 0.15) is 6.10 Å². The van der Waals surface area contributed by atoms with E-state index in [1.54, 1.807) is 35.1 Å². The lowest BCUT2D eigenvalue weighted by Gasteiger charge is -2.32. The molecule has 0 bridgehead atoms. The van der Waals surface area contributed by atoms with Crippen molar-refractivity contribution in [3.8, 4) is 0 Å². The molecule has 1 aliphatic rings. The van der Waals surface area contributed by atoms with Crippen LogP contribution in [0.5, 0.6) is 0 Å². The topological polar surface area (TPSA) is 73.4 Å². The molecule has 110 valence electrons. The lowest BCUT2D eigenvalue weighted by Crippen LogP contribution is -2.42. The molecule has 1 unspecified atom stereocenters. The van der Waals surface area contributed by atoms with Gasteiger partial charge in [-0.15, -0.1) is 0 Å². The molecule has 6 nitrogen and oxygen atoms in total. The largest absolute Gasteiger partial charge is 0.399 e. The predicted molar refractivity (Wildman–Crippen MR) is 78.7 cm³/mol. The lowest BCUT2D eigenvalue weighted by atomic mass is 10.1. The van der Waals surface area contributed by atoms with Gasteiger partial charge in [-0.3, -0.25) is 9.48 Å². The highest BCUT2D eigenvalue weighted by Crippen LogP contribution is 2.23. The third-order valence-corrected chi connectivity index (χ3v) is 3.61. The first-order valence-corrected chi connectivity index (χ1v) is 6.88. The standard InChI is InChI=1S/C15H18N4O2/c1-18-9-12(8-17-18)14-10-19(6-7-21-14)15(20)11-2-4-13(16)5-3-11/h2-5,8-9,14H,6-7,10,16H2,1H3. The zero-order valence-corrected chi connectivity index (χ0v) is 11.9. The fourth-order valence-electron chi connectivity index (χ4n) is 2.45. The molecular weight excluding hydrogens is 268 g/mol. The number of rotatable bonds is 2. The number of hydrogen-bond acceptors (Lipinski definition) is 4. The van der Waals surface area contributed by atoms with Crippen LogP contribution in [0.15, 0.2) is 36.7 Å². The molecule has 2 heterocycles. The van der Waals surface area contributed by atoms with Crippen molar-refractivity contribution in [2.24, 2.45) is 7.05 Å². The number of aryl methyl sites for hydroxylation is 1. The molecule has 1 saturated heterocycles. The van der Waals surface area contributed by atoms with Crippen molar-refractivity contribution in [3.05, 3.63) is 47.8 Å². The summed E-state index contributed by atoms with van der Waals surface area (Å²) in [5, 5.41) is 4.15. The molecule has 1 aromatic carbocycles. The van der Waals surface area contributed by atoms with Crippen molar-refractivity contribution in [2.45, 2.75) is 6.10 Å². The maximum Gasteiger partial charge on any atom is 0.254 e. The van der Waals surface area contributed by atoms with Crippen LogP contribution >= 0.6 is 0 Å². The summed E-state index contributed by atoms with van der Waals surface area (Å²) >= 11 is 0. The molecule has 6 heteroatoms. The molecule has 1 aromatic heterocycles. The van der Waals surface area contributed by atoms with Crippen LogP contribution in [0.4, 0.5) is 5.69 Å². The summed E-state index contributed by atoms with van der Waals surface area (Å²) in [5.41, 5.74) is 7.95. The molecule has 1 aliphatic heterocycles. The van der Waals surface area contributed by atoms with Crippen LogP contribution in [-0.4, -0.2) is 40.3 Å². The summed E-state index contributed by atoms with van der Waals surface area (Å²) in [5.74, 6) is 0.00666. The van der Waals surface area contributed by atoms with E-state index in [0.717, 1.165) is 5.56 Å². The number of ether oxygens (including phenoxy) is 1. The number of amides is 1. The van der Waals surface area contributed by atoms with Crippen molar-refractivity contribution in [1.29, 1.82) is 0 Å². The smallest absolute Gasteiger partial charge is 0.254 e. The molecule has 1 amide bonds. The number of anilines is 1. The summed E-state index contributed by atoms with van der Waals surface area (Å²) in [4.78, 5) is 14.3. The summed E-state index contributed by atoms with van der Waals surface area (Å²) in [6.45, 7) is 1.66. The van der Waals surface area contributed by atoms with Gasteiger partial charge in [-0.25, -0.2) is 0 Å². The highest BCUT2D eigenvalue weighted by molar-refractivity contribution is 5.94. The maximum absolute atomic E-state index is 12.5. The minimum Gasteiger partial charge on any atom is -0.399 e. The Hall–Kier alpha value is -2.34. The second kappa shape index (κ2) is 5.57. The molecule has 3 rings (SSSR count). The monoisotopic (exact) mass is 286 g/mol. The normalized spacial score (nSPS) is 18.7. The van der Waals surface area contributed by atoms with Gasteiger partial charge in [0.2, 0.25) is 0 Å². The van der Waals surface area contributed by atoms with Crippen molar-refractivity contribution in [2.75, 3.05) is 25.4 Å². The van der Waals surface area contributed by atoms with Gasteiger partial charge in [-0.2, -0.15) is 5.10 Å². The first-order chi connectivity index (χ1) is 10.1. The van der Waals surface area contributed by atoms with Gasteiger partial charge in [0.05, 0.1) is 19.3 Å².